The van der Waals surface area contributed by atoms with Crippen molar-refractivity contribution in [3.63, 3.8) is 0 Å². The van der Waals surface area contributed by atoms with Gasteiger partial charge < -0.3 is 10.6 Å². The van der Waals surface area contributed by atoms with Crippen LogP contribution in [0.3, 0.4) is 0 Å². The molecule has 2 aromatic carbocycles. The first kappa shape index (κ1) is 26.4. The predicted octanol–water partition coefficient (Wildman–Crippen LogP) is 4.39. The summed E-state index contributed by atoms with van der Waals surface area (Å²) < 4.78 is 2.93. The topological polar surface area (TPSA) is 102 Å². The fourth-order valence-electron chi connectivity index (χ4n) is 4.01. The summed E-state index contributed by atoms with van der Waals surface area (Å²) in [6.07, 6.45) is 2.27. The van der Waals surface area contributed by atoms with E-state index in [1.165, 1.54) is 20.5 Å². The molecule has 4 rings (SSSR count). The molecule has 0 bridgehead atoms. The molecule has 10 heteroatoms. The second-order valence-corrected chi connectivity index (χ2v) is 9.94. The number of carbonyl (C=O) groups is 2. The number of unbranched alkanes of at least 4 members (excludes halogenated alkanes) is 2. The van der Waals surface area contributed by atoms with Crippen molar-refractivity contribution in [1.29, 1.82) is 0 Å². The van der Waals surface area contributed by atoms with Crippen LogP contribution in [0.4, 0.5) is 5.69 Å². The summed E-state index contributed by atoms with van der Waals surface area (Å²) in [5.74, 6) is -0.433. The Labute approximate surface area is 222 Å². The number of rotatable bonds is 11. The largest absolute Gasteiger partial charge is 0.352 e. The van der Waals surface area contributed by atoms with Crippen LogP contribution in [-0.2, 0) is 29.2 Å². The van der Waals surface area contributed by atoms with Gasteiger partial charge >= 0.3 is 5.69 Å². The Morgan fingerprint density at radius 1 is 0.892 bits per heavy atom. The van der Waals surface area contributed by atoms with Crippen molar-refractivity contribution < 1.29 is 9.59 Å². The standard InChI is InChI=1S/C27H27ClN4O4S/c28-20-10-7-11-21(16-20)30-24(34)18-32-22-13-15-37-25(22)26(35)31(27(32)36)14-6-2-5-12-23(33)29-17-19-8-3-1-4-9-19/h1,3-4,7-11,13,15-16H,2,5-6,12,14,17-18H2,(H,29,33)(H,30,34). The summed E-state index contributed by atoms with van der Waals surface area (Å²) in [5.41, 5.74) is 1.11. The van der Waals surface area contributed by atoms with Crippen LogP contribution >= 0.6 is 22.9 Å². The average Bonchev–Trinajstić information content (AvgIpc) is 3.38. The number of carbonyl (C=O) groups excluding carboxylic acids is 2. The molecule has 0 aliphatic heterocycles. The van der Waals surface area contributed by atoms with Crippen molar-refractivity contribution in [2.75, 3.05) is 5.32 Å². The Morgan fingerprint density at radius 2 is 1.70 bits per heavy atom. The molecule has 0 radical (unpaired) electrons. The van der Waals surface area contributed by atoms with Crippen LogP contribution in [0.5, 0.6) is 0 Å². The molecule has 37 heavy (non-hydrogen) atoms. The zero-order chi connectivity index (χ0) is 26.2. The van der Waals surface area contributed by atoms with E-state index < -0.39 is 11.6 Å². The van der Waals surface area contributed by atoms with Crippen LogP contribution in [0.25, 0.3) is 10.2 Å². The molecular weight excluding hydrogens is 512 g/mol. The molecule has 2 N–H and O–H groups in total. The molecule has 0 unspecified atom stereocenters. The SMILES string of the molecule is O=C(CCCCCn1c(=O)c2sccc2n(CC(=O)Nc2cccc(Cl)c2)c1=O)NCc1ccccc1. The van der Waals surface area contributed by atoms with E-state index in [2.05, 4.69) is 10.6 Å². The molecular formula is C27H27ClN4O4S. The molecule has 0 fully saturated rings. The first-order chi connectivity index (χ1) is 17.9. The number of aromatic nitrogens is 2. The van der Waals surface area contributed by atoms with Crippen molar-refractivity contribution in [2.24, 2.45) is 0 Å². The second-order valence-electron chi connectivity index (χ2n) is 8.59. The minimum Gasteiger partial charge on any atom is -0.352 e. The Bertz CT molecular complexity index is 1510. The molecule has 2 heterocycles. The summed E-state index contributed by atoms with van der Waals surface area (Å²) in [7, 11) is 0. The van der Waals surface area contributed by atoms with Crippen LogP contribution in [0, 0.1) is 0 Å². The fourth-order valence-corrected chi connectivity index (χ4v) is 5.04. The number of nitrogens with zero attached hydrogens (tertiary/aromatic N) is 2. The summed E-state index contributed by atoms with van der Waals surface area (Å²) in [5, 5.41) is 7.85. The Kier molecular flexibility index (Phi) is 8.92. The van der Waals surface area contributed by atoms with Gasteiger partial charge in [-0.15, -0.1) is 11.3 Å². The van der Waals surface area contributed by atoms with Crippen molar-refractivity contribution in [1.82, 2.24) is 14.5 Å². The first-order valence-corrected chi connectivity index (χ1v) is 13.2. The first-order valence-electron chi connectivity index (χ1n) is 12.0. The number of hydrogen-bond donors (Lipinski definition) is 2. The predicted molar refractivity (Wildman–Crippen MR) is 147 cm³/mol. The van der Waals surface area contributed by atoms with Gasteiger partial charge in [0.1, 0.15) is 11.2 Å². The monoisotopic (exact) mass is 538 g/mol. The molecule has 0 saturated heterocycles. The van der Waals surface area contributed by atoms with Crippen molar-refractivity contribution in [3.8, 4) is 0 Å². The van der Waals surface area contributed by atoms with Gasteiger partial charge in [0.25, 0.3) is 5.56 Å². The molecule has 0 atom stereocenters. The van der Waals surface area contributed by atoms with Crippen LogP contribution in [0.1, 0.15) is 31.2 Å². The van der Waals surface area contributed by atoms with E-state index >= 15 is 0 Å². The lowest BCUT2D eigenvalue weighted by Crippen LogP contribution is -2.41. The number of nitrogens with one attached hydrogen (secondary N) is 2. The highest BCUT2D eigenvalue weighted by molar-refractivity contribution is 7.17. The molecule has 2 aromatic heterocycles. The van der Waals surface area contributed by atoms with Gasteiger partial charge in [0.15, 0.2) is 0 Å². The molecule has 8 nitrogen and oxygen atoms in total. The van der Waals surface area contributed by atoms with Crippen LogP contribution in [0.2, 0.25) is 5.02 Å². The third-order valence-electron chi connectivity index (χ3n) is 5.86. The quantitative estimate of drug-likeness (QED) is 0.276. The summed E-state index contributed by atoms with van der Waals surface area (Å²) in [6.45, 7) is 0.466. The highest BCUT2D eigenvalue weighted by Crippen LogP contribution is 2.17. The number of benzene rings is 2. The lowest BCUT2D eigenvalue weighted by Gasteiger charge is -2.12. The zero-order valence-electron chi connectivity index (χ0n) is 20.1. The second kappa shape index (κ2) is 12.5. The third kappa shape index (κ3) is 6.96. The van der Waals surface area contributed by atoms with Gasteiger partial charge in [-0.2, -0.15) is 0 Å². The van der Waals surface area contributed by atoms with Crippen molar-refractivity contribution in [2.45, 2.75) is 45.3 Å². The fraction of sp³-hybridized carbons (Fsp3) is 0.259. The van der Waals surface area contributed by atoms with Crippen molar-refractivity contribution in [3.05, 3.63) is 97.5 Å². The third-order valence-corrected chi connectivity index (χ3v) is 6.99. The Balaban J connectivity index is 1.35. The van der Waals surface area contributed by atoms with Crippen LogP contribution in [0.15, 0.2) is 75.6 Å². The molecule has 2 amide bonds. The minimum absolute atomic E-state index is 0.0332. The van der Waals surface area contributed by atoms with E-state index in [-0.39, 0.29) is 24.6 Å². The lowest BCUT2D eigenvalue weighted by molar-refractivity contribution is -0.121. The maximum Gasteiger partial charge on any atom is 0.332 e. The van der Waals surface area contributed by atoms with E-state index in [4.69, 9.17) is 11.6 Å². The van der Waals surface area contributed by atoms with E-state index in [0.29, 0.717) is 53.2 Å². The summed E-state index contributed by atoms with van der Waals surface area (Å²) in [6, 6.07) is 18.1. The molecule has 0 spiro atoms. The van der Waals surface area contributed by atoms with Gasteiger partial charge in [-0.1, -0.05) is 54.4 Å². The van der Waals surface area contributed by atoms with Gasteiger partial charge in [0.2, 0.25) is 11.8 Å². The van der Waals surface area contributed by atoms with E-state index in [0.717, 1.165) is 5.56 Å². The van der Waals surface area contributed by atoms with E-state index in [1.807, 2.05) is 30.3 Å². The van der Waals surface area contributed by atoms with Crippen LogP contribution in [-0.4, -0.2) is 20.9 Å². The minimum atomic E-state index is -0.530. The van der Waals surface area contributed by atoms with Gasteiger partial charge in [-0.25, -0.2) is 4.79 Å². The van der Waals surface area contributed by atoms with Crippen LogP contribution < -0.4 is 21.9 Å². The molecule has 0 aliphatic rings. The number of thiophene rings is 1. The smallest absolute Gasteiger partial charge is 0.332 e. The summed E-state index contributed by atoms with van der Waals surface area (Å²) in [4.78, 5) is 50.9. The van der Waals surface area contributed by atoms with Gasteiger partial charge in [-0.3, -0.25) is 23.5 Å². The van der Waals surface area contributed by atoms with E-state index in [9.17, 15) is 19.2 Å². The molecule has 192 valence electrons. The average molecular weight is 539 g/mol. The lowest BCUT2D eigenvalue weighted by atomic mass is 10.1. The molecule has 4 aromatic rings. The normalized spacial score (nSPS) is 10.9. The van der Waals surface area contributed by atoms with Gasteiger partial charge in [0, 0.05) is 30.2 Å². The Hall–Kier alpha value is -3.69. The number of fused-ring (bicyclic) bond motifs is 1. The molecule has 0 aliphatic carbocycles. The number of hydrogen-bond acceptors (Lipinski definition) is 5. The molecule has 0 saturated carbocycles. The maximum absolute atomic E-state index is 13.2. The van der Waals surface area contributed by atoms with Gasteiger partial charge in [0.05, 0.1) is 5.52 Å². The highest BCUT2D eigenvalue weighted by Gasteiger charge is 2.16. The number of amides is 2. The Morgan fingerprint density at radius 3 is 2.49 bits per heavy atom. The van der Waals surface area contributed by atoms with Crippen molar-refractivity contribution >= 4 is 50.7 Å². The highest BCUT2D eigenvalue weighted by atomic mass is 35.5. The number of anilines is 1. The number of halogens is 1. The van der Waals surface area contributed by atoms with Gasteiger partial charge in [-0.05, 0) is 48.1 Å². The van der Waals surface area contributed by atoms with E-state index in [1.54, 1.807) is 35.7 Å². The summed E-state index contributed by atoms with van der Waals surface area (Å²) >= 11 is 7.22. The maximum atomic E-state index is 13.2. The zero-order valence-corrected chi connectivity index (χ0v) is 21.7.